The van der Waals surface area contributed by atoms with Crippen LogP contribution in [0, 0.1) is 35.5 Å². The summed E-state index contributed by atoms with van der Waals surface area (Å²) in [5.74, 6) is -15.3. The minimum atomic E-state index is -1.64. The van der Waals surface area contributed by atoms with Gasteiger partial charge >= 0.3 is 23.9 Å². The second kappa shape index (κ2) is 38.0. The number of carbonyl (C=O) groups is 8. The molecule has 480 valence electrons. The van der Waals surface area contributed by atoms with E-state index in [1.54, 1.807) is 19.1 Å². The van der Waals surface area contributed by atoms with E-state index in [1.807, 2.05) is 45.1 Å². The zero-order chi connectivity index (χ0) is 66.3. The van der Waals surface area contributed by atoms with Gasteiger partial charge in [-0.15, -0.1) is 0 Å². The van der Waals surface area contributed by atoms with E-state index < -0.39 is 130 Å². The Morgan fingerprint density at radius 2 is 0.977 bits per heavy atom. The van der Waals surface area contributed by atoms with Crippen LogP contribution in [-0.4, -0.2) is 145 Å². The molecule has 0 aromatic heterocycles. The van der Waals surface area contributed by atoms with Gasteiger partial charge in [-0.1, -0.05) is 103 Å². The molecule has 0 bridgehead atoms. The lowest BCUT2D eigenvalue weighted by molar-refractivity contribution is -0.148. The minimum absolute atomic E-state index is 0.0298. The van der Waals surface area contributed by atoms with Crippen molar-refractivity contribution in [2.45, 2.75) is 124 Å². The predicted molar refractivity (Wildman–Crippen MR) is 318 cm³/mol. The number of phenolic OH excluding ortho intramolecular Hbond substituents is 7. The van der Waals surface area contributed by atoms with Gasteiger partial charge in [0.2, 0.25) is 23.5 Å². The smallest absolute Gasteiger partial charge is 0.326 e. The average molecular weight is 1220 g/mol. The Balaban J connectivity index is 0.000000654. The third kappa shape index (κ3) is 25.5. The third-order valence-electron chi connectivity index (χ3n) is 13.8. The minimum Gasteiger partial charge on any atom is -0.513 e. The van der Waals surface area contributed by atoms with Crippen molar-refractivity contribution in [2.75, 3.05) is 13.2 Å². The maximum atomic E-state index is 12.7. The summed E-state index contributed by atoms with van der Waals surface area (Å²) in [6.07, 6.45) is 13.6. The normalized spacial score (nSPS) is 14.7. The first-order valence-electron chi connectivity index (χ1n) is 27.8. The number of benzene rings is 3. The maximum absolute atomic E-state index is 12.7. The lowest BCUT2D eigenvalue weighted by Gasteiger charge is -2.28. The molecule has 0 heterocycles. The Hall–Kier alpha value is -9.14. The fourth-order valence-corrected chi connectivity index (χ4v) is 8.09. The molecule has 18 N–H and O–H groups in total. The number of carboxylic acid groups (broad SMARTS) is 4. The molecule has 3 aromatic rings. The molecule has 8 unspecified atom stereocenters. The molecule has 0 saturated carbocycles. The SMILES string of the molecule is C=C(O)C(C)C(C/C=C/CC)C(=O)N[C@H](Cc1ccc(O)c(O)c1)C(=O)O.CC/C=C/CC(C(=O)NC(CO)C(=O)CNCc1ccc(O)c(O)c1O)C(C)C(=O)O.CC/C=C/CC(C(=O)NNC(C)(Cc1ccc(O)c(O)c1)C(=O)O)C(C)C(=O)O. The van der Waals surface area contributed by atoms with Crippen molar-refractivity contribution in [3.8, 4) is 40.2 Å². The predicted octanol–water partition coefficient (Wildman–Crippen LogP) is 5.32. The molecule has 0 fully saturated rings. The van der Waals surface area contributed by atoms with Crippen molar-refractivity contribution in [2.24, 2.45) is 35.5 Å². The van der Waals surface area contributed by atoms with Crippen LogP contribution in [0.2, 0.25) is 0 Å². The topological polar surface area (TPSA) is 460 Å². The molecule has 0 aliphatic carbocycles. The molecule has 3 amide bonds. The molecule has 3 rings (SSSR count). The number of aromatic hydroxyl groups is 7. The molecule has 0 spiro atoms. The number of hydrogen-bond acceptors (Lipinski definition) is 19. The van der Waals surface area contributed by atoms with Gasteiger partial charge in [0.05, 0.1) is 48.5 Å². The summed E-state index contributed by atoms with van der Waals surface area (Å²) in [6, 6.07) is 7.95. The van der Waals surface area contributed by atoms with E-state index in [4.69, 9.17) is 0 Å². The van der Waals surface area contributed by atoms with Gasteiger partial charge in [0.15, 0.2) is 40.3 Å². The Labute approximate surface area is 504 Å². The molecule has 0 radical (unpaired) electrons. The number of phenols is 7. The molecule has 87 heavy (non-hydrogen) atoms. The molecule has 26 nitrogen and oxygen atoms in total. The highest BCUT2D eigenvalue weighted by molar-refractivity contribution is 5.92. The molecule has 26 heteroatoms. The molecular weight excluding hydrogens is 1140 g/mol. The van der Waals surface area contributed by atoms with Gasteiger partial charge in [0.25, 0.3) is 0 Å². The second-order valence-electron chi connectivity index (χ2n) is 20.6. The van der Waals surface area contributed by atoms with Gasteiger partial charge in [0.1, 0.15) is 17.6 Å². The highest BCUT2D eigenvalue weighted by Gasteiger charge is 2.37. The number of hydrogen-bond donors (Lipinski definition) is 18. The Morgan fingerprint density at radius 1 is 0.540 bits per heavy atom. The average Bonchev–Trinajstić information content (AvgIpc) is 3.59. The Morgan fingerprint density at radius 3 is 1.40 bits per heavy atom. The van der Waals surface area contributed by atoms with Crippen molar-refractivity contribution in [1.82, 2.24) is 26.8 Å². The summed E-state index contributed by atoms with van der Waals surface area (Å²) >= 11 is 0. The first kappa shape index (κ1) is 75.9. The number of aliphatic carboxylic acids is 4. The van der Waals surface area contributed by atoms with Crippen molar-refractivity contribution in [3.05, 3.63) is 114 Å². The monoisotopic (exact) mass is 1220 g/mol. The number of allylic oxidation sites excluding steroid dienone is 7. The van der Waals surface area contributed by atoms with Gasteiger partial charge in [-0.25, -0.2) is 10.2 Å². The molecular formula is C61H85N5O21. The van der Waals surface area contributed by atoms with E-state index in [0.29, 0.717) is 17.5 Å². The molecule has 0 saturated heterocycles. The molecule has 0 aliphatic heterocycles. The van der Waals surface area contributed by atoms with Crippen LogP contribution in [-0.2, 0) is 57.7 Å². The standard InChI is InChI=1S/C21H30N2O8.C20H28N2O7.C20H27NO6/c1-3-4-5-6-14(12(2)21(30)31)20(29)23-15(11-24)17(26)10-22-9-13-7-8-16(25)19(28)18(13)27;1-4-5-6-7-14(12(2)18(26)27)17(25)21-22-20(3,19(28)29)11-13-8-9-15(23)16(24)10-13;1-4-5-6-7-15(12(2)13(3)22)19(25)21-16(20(26)27)10-14-8-9-17(23)18(24)11-14/h4-5,7-8,12,14-15,22,24-25,27-28H,3,6,9-11H2,1-2H3,(H,23,29)(H,30,31);5-6,8-10,12,14,22-24H,4,7,11H2,1-3H3,(H,21,25)(H,26,27)(H,28,29);5-6,8-9,11-12,15-16,22-24H,3-4,7,10H2,1-2H3,(H,21,25)(H,26,27)/b5-4+;2*6-5+/t;;12?,15?,16-/m..1/s1. The highest BCUT2D eigenvalue weighted by atomic mass is 16.4. The number of amides is 3. The van der Waals surface area contributed by atoms with Crippen LogP contribution < -0.4 is 26.8 Å². The number of carbonyl (C=O) groups excluding carboxylic acids is 4. The summed E-state index contributed by atoms with van der Waals surface area (Å²) in [4.78, 5) is 96.2. The zero-order valence-corrected chi connectivity index (χ0v) is 49.8. The van der Waals surface area contributed by atoms with E-state index in [0.717, 1.165) is 19.3 Å². The summed E-state index contributed by atoms with van der Waals surface area (Å²) in [6.45, 7) is 14.1. The Kier molecular flexibility index (Phi) is 33.2. The zero-order valence-electron chi connectivity index (χ0n) is 49.8. The van der Waals surface area contributed by atoms with E-state index in [9.17, 15) is 105 Å². The number of Topliss-reactive ketones (excluding diaryl/α,β-unsaturated/α-hetero) is 1. The van der Waals surface area contributed by atoms with Gasteiger partial charge in [-0.3, -0.25) is 39.0 Å². The van der Waals surface area contributed by atoms with Crippen molar-refractivity contribution in [1.29, 1.82) is 0 Å². The Bertz CT molecular complexity index is 2910. The quantitative estimate of drug-likeness (QED) is 0.0156. The van der Waals surface area contributed by atoms with E-state index in [1.165, 1.54) is 69.3 Å². The summed E-state index contributed by atoms with van der Waals surface area (Å²) in [7, 11) is 0. The fraction of sp³-hybridized carbons (Fsp3) is 0.443. The lowest BCUT2D eigenvalue weighted by Crippen LogP contribution is -2.59. The van der Waals surface area contributed by atoms with Crippen LogP contribution in [0.25, 0.3) is 0 Å². The van der Waals surface area contributed by atoms with Crippen LogP contribution in [0.3, 0.4) is 0 Å². The number of hydrazine groups is 1. The number of rotatable bonds is 34. The number of nitrogens with one attached hydrogen (secondary N) is 5. The molecule has 0 aliphatic rings. The first-order chi connectivity index (χ1) is 40.8. The number of aliphatic hydroxyl groups excluding tert-OH is 2. The number of carboxylic acids is 4. The van der Waals surface area contributed by atoms with E-state index >= 15 is 0 Å². The highest BCUT2D eigenvalue weighted by Crippen LogP contribution is 2.37. The van der Waals surface area contributed by atoms with Crippen molar-refractivity contribution < 1.29 is 105 Å². The molecule has 9 atom stereocenters. The summed E-state index contributed by atoms with van der Waals surface area (Å²) < 4.78 is 0. The van der Waals surface area contributed by atoms with Crippen LogP contribution in [0.5, 0.6) is 40.2 Å². The molecule has 3 aromatic carbocycles. The van der Waals surface area contributed by atoms with Crippen molar-refractivity contribution >= 4 is 47.4 Å². The fourth-order valence-electron chi connectivity index (χ4n) is 8.09. The van der Waals surface area contributed by atoms with E-state index in [-0.39, 0.29) is 67.3 Å². The lowest BCUT2D eigenvalue weighted by atomic mass is 9.88. The van der Waals surface area contributed by atoms with Crippen LogP contribution in [0.4, 0.5) is 0 Å². The third-order valence-corrected chi connectivity index (χ3v) is 13.8. The number of ketones is 1. The maximum Gasteiger partial charge on any atom is 0.326 e. The number of aliphatic hydroxyl groups is 2. The van der Waals surface area contributed by atoms with Gasteiger partial charge in [-0.2, -0.15) is 0 Å². The van der Waals surface area contributed by atoms with Gasteiger partial charge < -0.3 is 82.3 Å². The van der Waals surface area contributed by atoms with Crippen LogP contribution in [0.1, 0.15) is 104 Å². The van der Waals surface area contributed by atoms with Crippen LogP contribution in [0.15, 0.2) is 97.3 Å². The summed E-state index contributed by atoms with van der Waals surface area (Å²) in [5, 5.41) is 131. The van der Waals surface area contributed by atoms with Gasteiger partial charge in [-0.05, 0) is 86.9 Å². The van der Waals surface area contributed by atoms with Crippen molar-refractivity contribution in [3.63, 3.8) is 0 Å². The van der Waals surface area contributed by atoms with Gasteiger partial charge in [0, 0.05) is 30.9 Å². The summed E-state index contributed by atoms with van der Waals surface area (Å²) in [5.41, 5.74) is 4.26. The van der Waals surface area contributed by atoms with Crippen LogP contribution >= 0.6 is 0 Å². The largest absolute Gasteiger partial charge is 0.513 e. The first-order valence-corrected chi connectivity index (χ1v) is 27.8. The second-order valence-corrected chi connectivity index (χ2v) is 20.6. The van der Waals surface area contributed by atoms with E-state index in [2.05, 4.69) is 33.4 Å².